The zero-order valence-corrected chi connectivity index (χ0v) is 11.0. The zero-order chi connectivity index (χ0) is 11.4. The highest BCUT2D eigenvalue weighted by Gasteiger charge is 2.16. The molecule has 15 heavy (non-hydrogen) atoms. The van der Waals surface area contributed by atoms with Gasteiger partial charge in [-0.25, -0.2) is 0 Å². The van der Waals surface area contributed by atoms with E-state index in [4.69, 9.17) is 16.9 Å². The number of hydrogen-bond acceptors (Lipinski definition) is 2. The van der Waals surface area contributed by atoms with E-state index >= 15 is 0 Å². The lowest BCUT2D eigenvalue weighted by atomic mass is 10.0. The minimum absolute atomic E-state index is 0.0999. The fourth-order valence-corrected chi connectivity index (χ4v) is 2.05. The molecule has 1 aromatic carbocycles. The van der Waals surface area contributed by atoms with Crippen LogP contribution in [0.1, 0.15) is 23.4 Å². The molecule has 0 aliphatic carbocycles. The Morgan fingerprint density at radius 1 is 1.67 bits per heavy atom. The molecule has 0 heterocycles. The van der Waals surface area contributed by atoms with Crippen LogP contribution in [0.4, 0.5) is 0 Å². The molecule has 0 N–H and O–H groups in total. The van der Waals surface area contributed by atoms with Gasteiger partial charge in [-0.1, -0.05) is 6.07 Å². The minimum atomic E-state index is -0.648. The monoisotopic (exact) mass is 333 g/mol. The fraction of sp³-hybridized carbons (Fsp3) is 0.273. The van der Waals surface area contributed by atoms with Crippen molar-refractivity contribution in [2.45, 2.75) is 18.7 Å². The fourth-order valence-electron chi connectivity index (χ4n) is 1.28. The normalized spacial score (nSPS) is 11.9. The quantitative estimate of drug-likeness (QED) is 0.629. The van der Waals surface area contributed by atoms with E-state index in [1.807, 2.05) is 18.2 Å². The number of benzene rings is 1. The van der Waals surface area contributed by atoms with E-state index in [2.05, 4.69) is 28.7 Å². The molecule has 0 radical (unpaired) electrons. The average Bonchev–Trinajstić information content (AvgIpc) is 2.17. The van der Waals surface area contributed by atoms with Crippen molar-refractivity contribution in [2.24, 2.45) is 0 Å². The van der Waals surface area contributed by atoms with Crippen LogP contribution in [0.15, 0.2) is 18.2 Å². The van der Waals surface area contributed by atoms with E-state index in [9.17, 15) is 4.79 Å². The molecule has 2 nitrogen and oxygen atoms in total. The van der Waals surface area contributed by atoms with Crippen molar-refractivity contribution in [1.82, 2.24) is 0 Å². The Bertz CT molecular complexity index is 425. The van der Waals surface area contributed by atoms with Gasteiger partial charge < -0.3 is 0 Å². The first kappa shape index (κ1) is 12.5. The average molecular weight is 334 g/mol. The highest BCUT2D eigenvalue weighted by molar-refractivity contribution is 14.1. The molecule has 0 aromatic heterocycles. The first-order valence-corrected chi connectivity index (χ1v) is 5.87. The molecule has 4 heteroatoms. The Labute approximate surface area is 107 Å². The third-order valence-electron chi connectivity index (χ3n) is 2.00. The zero-order valence-electron chi connectivity index (χ0n) is 8.13. The van der Waals surface area contributed by atoms with Gasteiger partial charge in [0, 0.05) is 3.57 Å². The van der Waals surface area contributed by atoms with Crippen LogP contribution in [-0.2, 0) is 11.2 Å². The van der Waals surface area contributed by atoms with E-state index in [0.717, 1.165) is 14.7 Å². The molecule has 0 saturated heterocycles. The van der Waals surface area contributed by atoms with Crippen molar-refractivity contribution in [2.75, 3.05) is 0 Å². The van der Waals surface area contributed by atoms with Crippen molar-refractivity contribution in [3.8, 4) is 6.07 Å². The summed E-state index contributed by atoms with van der Waals surface area (Å²) in [6.07, 6.45) is 0.280. The van der Waals surface area contributed by atoms with Crippen molar-refractivity contribution >= 4 is 40.0 Å². The summed E-state index contributed by atoms with van der Waals surface area (Å²) in [6.45, 7) is 1.45. The number of carbonyl (C=O) groups is 1. The largest absolute Gasteiger partial charge is 0.298 e. The van der Waals surface area contributed by atoms with E-state index < -0.39 is 5.38 Å². The van der Waals surface area contributed by atoms with Gasteiger partial charge in [-0.05, 0) is 52.8 Å². The molecule has 0 spiro atoms. The van der Waals surface area contributed by atoms with Crippen molar-refractivity contribution in [3.05, 3.63) is 32.9 Å². The van der Waals surface area contributed by atoms with Crippen molar-refractivity contribution in [3.63, 3.8) is 0 Å². The standard InChI is InChI=1S/C11H9ClINO/c1-7(15)11(12)10-3-2-9(13)6-8(10)4-5-14/h2-3,6,11H,4H2,1H3. The lowest BCUT2D eigenvalue weighted by molar-refractivity contribution is -0.116. The number of rotatable bonds is 3. The van der Waals surface area contributed by atoms with Gasteiger partial charge in [0.15, 0.2) is 5.78 Å². The maximum Gasteiger partial charge on any atom is 0.152 e. The smallest absolute Gasteiger partial charge is 0.152 e. The Kier molecular flexibility index (Phi) is 4.55. The van der Waals surface area contributed by atoms with E-state index in [-0.39, 0.29) is 12.2 Å². The highest BCUT2D eigenvalue weighted by Crippen LogP contribution is 2.26. The number of nitrogens with zero attached hydrogens (tertiary/aromatic N) is 1. The maximum absolute atomic E-state index is 11.2. The molecule has 0 fully saturated rings. The van der Waals surface area contributed by atoms with Crippen LogP contribution in [0.2, 0.25) is 0 Å². The molecule has 1 atom stereocenters. The molecule has 0 saturated carbocycles. The highest BCUT2D eigenvalue weighted by atomic mass is 127. The third-order valence-corrected chi connectivity index (χ3v) is 3.22. The predicted molar refractivity (Wildman–Crippen MR) is 67.8 cm³/mol. The molecule has 1 aromatic rings. The van der Waals surface area contributed by atoms with Crippen LogP contribution in [0.25, 0.3) is 0 Å². The van der Waals surface area contributed by atoms with Crippen LogP contribution >= 0.6 is 34.2 Å². The topological polar surface area (TPSA) is 40.9 Å². The molecule has 0 aliphatic heterocycles. The van der Waals surface area contributed by atoms with Crippen molar-refractivity contribution in [1.29, 1.82) is 5.26 Å². The van der Waals surface area contributed by atoms with Gasteiger partial charge in [0.25, 0.3) is 0 Å². The van der Waals surface area contributed by atoms with Gasteiger partial charge in [0.2, 0.25) is 0 Å². The Hall–Kier alpha value is -0.600. The first-order chi connectivity index (χ1) is 7.06. The molecular weight excluding hydrogens is 324 g/mol. The van der Waals surface area contributed by atoms with Crippen LogP contribution in [0.3, 0.4) is 0 Å². The molecule has 0 amide bonds. The van der Waals surface area contributed by atoms with E-state index in [1.165, 1.54) is 6.92 Å². The second-order valence-electron chi connectivity index (χ2n) is 3.15. The van der Waals surface area contributed by atoms with Gasteiger partial charge in [0.05, 0.1) is 12.5 Å². The van der Waals surface area contributed by atoms with Crippen LogP contribution in [0.5, 0.6) is 0 Å². The van der Waals surface area contributed by atoms with Gasteiger partial charge in [-0.3, -0.25) is 4.79 Å². The van der Waals surface area contributed by atoms with E-state index in [1.54, 1.807) is 0 Å². The second-order valence-corrected chi connectivity index (χ2v) is 4.83. The minimum Gasteiger partial charge on any atom is -0.298 e. The summed E-state index contributed by atoms with van der Waals surface area (Å²) in [4.78, 5) is 11.2. The number of halogens is 2. The summed E-state index contributed by atoms with van der Waals surface area (Å²) >= 11 is 8.14. The summed E-state index contributed by atoms with van der Waals surface area (Å²) in [5, 5.41) is 8.03. The first-order valence-electron chi connectivity index (χ1n) is 4.36. The van der Waals surface area contributed by atoms with Crippen LogP contribution in [0, 0.1) is 14.9 Å². The maximum atomic E-state index is 11.2. The lowest BCUT2D eigenvalue weighted by Crippen LogP contribution is -2.05. The number of carbonyl (C=O) groups excluding carboxylic acids is 1. The second kappa shape index (κ2) is 5.47. The van der Waals surface area contributed by atoms with Crippen LogP contribution < -0.4 is 0 Å². The molecule has 0 bridgehead atoms. The molecule has 1 unspecified atom stereocenters. The molecule has 1 rings (SSSR count). The van der Waals surface area contributed by atoms with Gasteiger partial charge in [0.1, 0.15) is 5.38 Å². The van der Waals surface area contributed by atoms with Gasteiger partial charge in [-0.2, -0.15) is 5.26 Å². The SMILES string of the molecule is CC(=O)C(Cl)c1ccc(I)cc1CC#N. The summed E-state index contributed by atoms with van der Waals surface area (Å²) in [5.41, 5.74) is 1.57. The number of hydrogen-bond donors (Lipinski definition) is 0. The summed E-state index contributed by atoms with van der Waals surface area (Å²) in [6, 6.07) is 7.66. The summed E-state index contributed by atoms with van der Waals surface area (Å²) in [5.74, 6) is -0.0999. The Balaban J connectivity index is 3.17. The van der Waals surface area contributed by atoms with Gasteiger partial charge in [-0.15, -0.1) is 11.6 Å². The number of alkyl halides is 1. The molecule has 78 valence electrons. The number of ketones is 1. The van der Waals surface area contributed by atoms with E-state index in [0.29, 0.717) is 0 Å². The van der Waals surface area contributed by atoms with Gasteiger partial charge >= 0.3 is 0 Å². The van der Waals surface area contributed by atoms with Crippen LogP contribution in [-0.4, -0.2) is 5.78 Å². The summed E-state index contributed by atoms with van der Waals surface area (Å²) in [7, 11) is 0. The molecular formula is C11H9ClINO. The lowest BCUT2D eigenvalue weighted by Gasteiger charge is -2.10. The Morgan fingerprint density at radius 2 is 2.33 bits per heavy atom. The predicted octanol–water partition coefficient (Wildman–Crippen LogP) is 3.23. The Morgan fingerprint density at radius 3 is 2.87 bits per heavy atom. The van der Waals surface area contributed by atoms with Crippen molar-refractivity contribution < 1.29 is 4.79 Å². The summed E-state index contributed by atoms with van der Waals surface area (Å²) < 4.78 is 1.04. The number of Topliss-reactive ketones (excluding diaryl/α,β-unsaturated/α-hetero) is 1. The molecule has 0 aliphatic rings. The number of nitriles is 1. The third kappa shape index (κ3) is 3.18.